The van der Waals surface area contributed by atoms with E-state index in [0.29, 0.717) is 24.7 Å². The molecule has 142 valence electrons. The average Bonchev–Trinajstić information content (AvgIpc) is 2.94. The number of carbonyl (C=O) groups is 1. The molecule has 0 bridgehead atoms. The summed E-state index contributed by atoms with van der Waals surface area (Å²) in [6.07, 6.45) is 4.74. The molecule has 3 heterocycles. The third kappa shape index (κ3) is 5.30. The van der Waals surface area contributed by atoms with E-state index in [9.17, 15) is 4.79 Å². The van der Waals surface area contributed by atoms with Crippen molar-refractivity contribution < 1.29 is 13.9 Å². The first-order valence-electron chi connectivity index (χ1n) is 8.77. The summed E-state index contributed by atoms with van der Waals surface area (Å²) in [6, 6.07) is 9.49. The predicted octanol–water partition coefficient (Wildman–Crippen LogP) is 3.03. The fraction of sp³-hybridized carbons (Fsp3) is 0.474. The summed E-state index contributed by atoms with van der Waals surface area (Å²) in [5.41, 5.74) is 0.886. The summed E-state index contributed by atoms with van der Waals surface area (Å²) in [5, 5.41) is 3.40. The van der Waals surface area contributed by atoms with Crippen LogP contribution in [0.2, 0.25) is 0 Å². The number of rotatable bonds is 6. The maximum atomic E-state index is 13.1. The van der Waals surface area contributed by atoms with Gasteiger partial charge >= 0.3 is 0 Å². The number of amides is 1. The normalized spacial score (nSPS) is 17.2. The van der Waals surface area contributed by atoms with E-state index in [1.165, 1.54) is 0 Å². The molecule has 0 aromatic carbocycles. The quantitative estimate of drug-likeness (QED) is 0.835. The molecule has 1 N–H and O–H groups in total. The number of aromatic nitrogens is 1. The minimum atomic E-state index is -0.0834. The smallest absolute Gasteiger partial charge is 0.290 e. The number of nitrogens with one attached hydrogen (secondary N) is 1. The monoisotopic (exact) mass is 379 g/mol. The zero-order chi connectivity index (χ0) is 17.5. The highest BCUT2D eigenvalue weighted by Crippen LogP contribution is 2.20. The molecule has 0 aliphatic carbocycles. The minimum absolute atomic E-state index is 0. The number of hydrogen-bond acceptors (Lipinski definition) is 5. The zero-order valence-electron chi connectivity index (χ0n) is 15.0. The molecule has 0 radical (unpaired) electrons. The molecule has 1 aliphatic rings. The lowest BCUT2D eigenvalue weighted by Gasteiger charge is -2.30. The number of halogens is 1. The van der Waals surface area contributed by atoms with Crippen molar-refractivity contribution in [1.82, 2.24) is 15.2 Å². The number of ether oxygens (including phenoxy) is 1. The van der Waals surface area contributed by atoms with Gasteiger partial charge in [-0.2, -0.15) is 0 Å². The van der Waals surface area contributed by atoms with Crippen molar-refractivity contribution in [2.45, 2.75) is 38.5 Å². The largest absolute Gasteiger partial charge is 0.453 e. The van der Waals surface area contributed by atoms with Gasteiger partial charge in [0.25, 0.3) is 5.91 Å². The lowest BCUT2D eigenvalue weighted by Crippen LogP contribution is -2.40. The Morgan fingerprint density at radius 3 is 2.96 bits per heavy atom. The van der Waals surface area contributed by atoms with Crippen molar-refractivity contribution >= 4 is 18.3 Å². The lowest BCUT2D eigenvalue weighted by atomic mass is 10.1. The van der Waals surface area contributed by atoms with Crippen LogP contribution in [0, 0.1) is 0 Å². The summed E-state index contributed by atoms with van der Waals surface area (Å²) < 4.78 is 10.7. The van der Waals surface area contributed by atoms with E-state index in [-0.39, 0.29) is 24.4 Å². The van der Waals surface area contributed by atoms with Crippen LogP contribution in [0.1, 0.15) is 41.3 Å². The molecule has 0 spiro atoms. The molecule has 1 saturated heterocycles. The van der Waals surface area contributed by atoms with Gasteiger partial charge in [-0.3, -0.25) is 9.78 Å². The van der Waals surface area contributed by atoms with Crippen molar-refractivity contribution in [3.63, 3.8) is 0 Å². The third-order valence-electron chi connectivity index (χ3n) is 4.46. The van der Waals surface area contributed by atoms with Crippen LogP contribution in [0.3, 0.4) is 0 Å². The highest BCUT2D eigenvalue weighted by atomic mass is 35.5. The SMILES string of the molecule is COCc1ccc(C(=O)N(Cc2ccccn2)C2CCCNCC2)o1.Cl. The van der Waals surface area contributed by atoms with E-state index in [4.69, 9.17) is 9.15 Å². The van der Waals surface area contributed by atoms with Gasteiger partial charge in [0.1, 0.15) is 12.4 Å². The number of hydrogen-bond donors (Lipinski definition) is 1. The second-order valence-corrected chi connectivity index (χ2v) is 6.29. The Morgan fingerprint density at radius 1 is 1.31 bits per heavy atom. The topological polar surface area (TPSA) is 67.6 Å². The number of furan rings is 1. The van der Waals surface area contributed by atoms with Gasteiger partial charge in [0.05, 0.1) is 12.2 Å². The van der Waals surface area contributed by atoms with Crippen molar-refractivity contribution in [3.8, 4) is 0 Å². The van der Waals surface area contributed by atoms with E-state index in [1.807, 2.05) is 23.1 Å². The first kappa shape index (κ1) is 20.4. The van der Waals surface area contributed by atoms with Crippen molar-refractivity contribution in [1.29, 1.82) is 0 Å². The van der Waals surface area contributed by atoms with Crippen LogP contribution in [-0.4, -0.2) is 42.0 Å². The Labute approximate surface area is 160 Å². The zero-order valence-corrected chi connectivity index (χ0v) is 15.8. The molecular formula is C19H26ClN3O3. The van der Waals surface area contributed by atoms with Crippen LogP contribution in [-0.2, 0) is 17.9 Å². The van der Waals surface area contributed by atoms with Gasteiger partial charge in [-0.15, -0.1) is 12.4 Å². The summed E-state index contributed by atoms with van der Waals surface area (Å²) in [6.45, 7) is 2.77. The third-order valence-corrected chi connectivity index (χ3v) is 4.46. The highest BCUT2D eigenvalue weighted by molar-refractivity contribution is 5.91. The van der Waals surface area contributed by atoms with Gasteiger partial charge in [0.2, 0.25) is 0 Å². The molecule has 26 heavy (non-hydrogen) atoms. The number of pyridine rings is 1. The Bertz CT molecular complexity index is 670. The van der Waals surface area contributed by atoms with Gasteiger partial charge in [-0.1, -0.05) is 6.07 Å². The number of nitrogens with zero attached hydrogens (tertiary/aromatic N) is 2. The van der Waals surface area contributed by atoms with E-state index in [1.54, 1.807) is 25.4 Å². The Morgan fingerprint density at radius 2 is 2.19 bits per heavy atom. The van der Waals surface area contributed by atoms with E-state index in [0.717, 1.165) is 38.0 Å². The molecule has 6 nitrogen and oxygen atoms in total. The first-order valence-corrected chi connectivity index (χ1v) is 8.77. The van der Waals surface area contributed by atoms with Crippen molar-refractivity contribution in [2.75, 3.05) is 20.2 Å². The molecular weight excluding hydrogens is 354 g/mol. The molecule has 1 unspecified atom stereocenters. The highest BCUT2D eigenvalue weighted by Gasteiger charge is 2.28. The maximum Gasteiger partial charge on any atom is 0.290 e. The van der Waals surface area contributed by atoms with Gasteiger partial charge in [-0.25, -0.2) is 0 Å². The van der Waals surface area contributed by atoms with Crippen LogP contribution in [0.4, 0.5) is 0 Å². The van der Waals surface area contributed by atoms with Crippen LogP contribution >= 0.6 is 12.4 Å². The average molecular weight is 380 g/mol. The molecule has 3 rings (SSSR count). The van der Waals surface area contributed by atoms with Crippen molar-refractivity contribution in [3.05, 3.63) is 53.7 Å². The predicted molar refractivity (Wildman–Crippen MR) is 101 cm³/mol. The molecule has 0 saturated carbocycles. The number of methoxy groups -OCH3 is 1. The minimum Gasteiger partial charge on any atom is -0.453 e. The second kappa shape index (κ2) is 10.3. The van der Waals surface area contributed by atoms with E-state index >= 15 is 0 Å². The summed E-state index contributed by atoms with van der Waals surface area (Å²) in [4.78, 5) is 19.4. The lowest BCUT2D eigenvalue weighted by molar-refractivity contribution is 0.0602. The summed E-state index contributed by atoms with van der Waals surface area (Å²) in [5.74, 6) is 0.936. The Kier molecular flexibility index (Phi) is 8.09. The fourth-order valence-electron chi connectivity index (χ4n) is 3.20. The summed E-state index contributed by atoms with van der Waals surface area (Å²) in [7, 11) is 1.61. The molecule has 1 aliphatic heterocycles. The summed E-state index contributed by atoms with van der Waals surface area (Å²) >= 11 is 0. The Balaban J connectivity index is 0.00000243. The molecule has 1 fully saturated rings. The first-order chi connectivity index (χ1) is 12.3. The molecule has 2 aromatic rings. The van der Waals surface area contributed by atoms with Crippen molar-refractivity contribution in [2.24, 2.45) is 0 Å². The molecule has 1 atom stereocenters. The standard InChI is InChI=1S/C19H25N3O3.ClH/c1-24-14-17-7-8-18(25-17)19(23)22(13-15-5-2-3-11-21-15)16-6-4-10-20-12-9-16;/h2-3,5,7-8,11,16,20H,4,6,9-10,12-14H2,1H3;1H. The van der Waals surface area contributed by atoms with Crippen LogP contribution < -0.4 is 5.32 Å². The maximum absolute atomic E-state index is 13.1. The number of carbonyl (C=O) groups excluding carboxylic acids is 1. The fourth-order valence-corrected chi connectivity index (χ4v) is 3.20. The van der Waals surface area contributed by atoms with E-state index in [2.05, 4.69) is 10.3 Å². The van der Waals surface area contributed by atoms with Gasteiger partial charge in [0.15, 0.2) is 5.76 Å². The van der Waals surface area contributed by atoms with Crippen LogP contribution in [0.5, 0.6) is 0 Å². The van der Waals surface area contributed by atoms with Gasteiger partial charge in [0, 0.05) is 19.3 Å². The van der Waals surface area contributed by atoms with Gasteiger partial charge < -0.3 is 19.4 Å². The van der Waals surface area contributed by atoms with Crippen LogP contribution in [0.15, 0.2) is 40.9 Å². The molecule has 7 heteroatoms. The second-order valence-electron chi connectivity index (χ2n) is 6.29. The molecule has 2 aromatic heterocycles. The molecule has 1 amide bonds. The Hall–Kier alpha value is -1.89. The van der Waals surface area contributed by atoms with Gasteiger partial charge in [-0.05, 0) is 56.6 Å². The van der Waals surface area contributed by atoms with Crippen LogP contribution in [0.25, 0.3) is 0 Å². The van der Waals surface area contributed by atoms with E-state index < -0.39 is 0 Å².